The molecular formula is C20H27N2O6P. The largest absolute Gasteiger partial charge is 0.508 e. The van der Waals surface area contributed by atoms with Gasteiger partial charge in [-0.1, -0.05) is 12.1 Å². The average Bonchev–Trinajstić information content (AvgIpc) is 2.60. The fourth-order valence-corrected chi connectivity index (χ4v) is 5.11. The first-order chi connectivity index (χ1) is 13.5. The van der Waals surface area contributed by atoms with E-state index < -0.39 is 18.3 Å². The Bertz CT molecular complexity index is 884. The highest BCUT2D eigenvalue weighted by atomic mass is 31.2. The zero-order chi connectivity index (χ0) is 21.8. The Morgan fingerprint density at radius 2 is 1.59 bits per heavy atom. The quantitative estimate of drug-likeness (QED) is 0.300. The fourth-order valence-electron chi connectivity index (χ4n) is 2.81. The maximum absolute atomic E-state index is 13.8. The highest BCUT2D eigenvalue weighted by Gasteiger charge is 2.39. The number of nitro benzene ring substituents is 1. The van der Waals surface area contributed by atoms with E-state index in [0.717, 1.165) is 0 Å². The molecule has 2 rings (SSSR count). The van der Waals surface area contributed by atoms with Gasteiger partial charge in [-0.2, -0.15) is 0 Å². The molecule has 158 valence electrons. The van der Waals surface area contributed by atoms with Crippen LogP contribution in [0, 0.1) is 17.0 Å². The van der Waals surface area contributed by atoms with Gasteiger partial charge in [0.2, 0.25) is 0 Å². The first-order valence-corrected chi connectivity index (χ1v) is 10.9. The Labute approximate surface area is 170 Å². The van der Waals surface area contributed by atoms with Crippen LogP contribution in [0.5, 0.6) is 5.75 Å². The number of nitro groups is 1. The number of aromatic hydroxyl groups is 1. The van der Waals surface area contributed by atoms with Crippen molar-refractivity contribution in [2.45, 2.75) is 52.6 Å². The summed E-state index contributed by atoms with van der Waals surface area (Å²) in [5, 5.41) is 23.8. The van der Waals surface area contributed by atoms with Gasteiger partial charge in [-0.15, -0.1) is 0 Å². The molecule has 2 N–H and O–H groups in total. The number of anilines is 1. The molecule has 0 aromatic heterocycles. The van der Waals surface area contributed by atoms with Crippen LogP contribution in [0.25, 0.3) is 0 Å². The van der Waals surface area contributed by atoms with Gasteiger partial charge in [0.05, 0.1) is 17.1 Å². The van der Waals surface area contributed by atoms with E-state index in [0.29, 0.717) is 16.8 Å². The van der Waals surface area contributed by atoms with Crippen LogP contribution in [0.3, 0.4) is 0 Å². The molecule has 0 aliphatic carbocycles. The lowest BCUT2D eigenvalue weighted by Gasteiger charge is -2.31. The number of non-ortho nitro benzene ring substituents is 1. The van der Waals surface area contributed by atoms with Gasteiger partial charge < -0.3 is 19.5 Å². The fraction of sp³-hybridized carbons (Fsp3) is 0.400. The van der Waals surface area contributed by atoms with Gasteiger partial charge >= 0.3 is 7.60 Å². The zero-order valence-electron chi connectivity index (χ0n) is 17.2. The van der Waals surface area contributed by atoms with Gasteiger partial charge in [-0.05, 0) is 63.9 Å². The molecule has 0 bridgehead atoms. The first-order valence-electron chi connectivity index (χ1n) is 9.29. The number of hydrogen-bond donors (Lipinski definition) is 2. The molecule has 0 heterocycles. The predicted molar refractivity (Wildman–Crippen MR) is 112 cm³/mol. The molecule has 0 saturated heterocycles. The van der Waals surface area contributed by atoms with Crippen LogP contribution >= 0.6 is 7.60 Å². The second-order valence-corrected chi connectivity index (χ2v) is 9.26. The lowest BCUT2D eigenvalue weighted by atomic mass is 10.1. The summed E-state index contributed by atoms with van der Waals surface area (Å²) in [4.78, 5) is 10.5. The van der Waals surface area contributed by atoms with E-state index in [4.69, 9.17) is 9.05 Å². The van der Waals surface area contributed by atoms with E-state index in [2.05, 4.69) is 5.32 Å². The topological polar surface area (TPSA) is 111 Å². The summed E-state index contributed by atoms with van der Waals surface area (Å²) < 4.78 is 25.4. The van der Waals surface area contributed by atoms with Crippen molar-refractivity contribution < 1.29 is 23.6 Å². The minimum absolute atomic E-state index is 0.0331. The Morgan fingerprint density at radius 1 is 1.03 bits per heavy atom. The van der Waals surface area contributed by atoms with E-state index in [9.17, 15) is 19.8 Å². The monoisotopic (exact) mass is 422 g/mol. The Hall–Kier alpha value is -2.41. The number of phenols is 1. The molecule has 0 spiro atoms. The number of nitrogens with zero attached hydrogens (tertiary/aromatic N) is 1. The summed E-state index contributed by atoms with van der Waals surface area (Å²) >= 11 is 0. The molecule has 8 nitrogen and oxygen atoms in total. The molecule has 0 aliphatic rings. The van der Waals surface area contributed by atoms with Crippen LogP contribution in [0.2, 0.25) is 0 Å². The number of phenolic OH excluding ortho intramolecular Hbond substituents is 1. The van der Waals surface area contributed by atoms with E-state index >= 15 is 0 Å². The predicted octanol–water partition coefficient (Wildman–Crippen LogP) is 5.76. The van der Waals surface area contributed by atoms with Crippen molar-refractivity contribution in [1.82, 2.24) is 0 Å². The second kappa shape index (κ2) is 9.39. The molecule has 1 atom stereocenters. The lowest BCUT2D eigenvalue weighted by molar-refractivity contribution is -0.384. The minimum Gasteiger partial charge on any atom is -0.508 e. The van der Waals surface area contributed by atoms with Crippen LogP contribution in [-0.4, -0.2) is 22.2 Å². The summed E-state index contributed by atoms with van der Waals surface area (Å²) in [6.45, 7) is 8.78. The van der Waals surface area contributed by atoms with Gasteiger partial charge in [-0.25, -0.2) is 0 Å². The highest BCUT2D eigenvalue weighted by molar-refractivity contribution is 7.54. The third-order valence-corrected chi connectivity index (χ3v) is 6.44. The summed E-state index contributed by atoms with van der Waals surface area (Å²) in [6.07, 6.45) is -0.724. The average molecular weight is 422 g/mol. The molecule has 0 fully saturated rings. The minimum atomic E-state index is -3.72. The van der Waals surface area contributed by atoms with Crippen LogP contribution in [0.15, 0.2) is 42.5 Å². The van der Waals surface area contributed by atoms with Crippen LogP contribution in [0.4, 0.5) is 11.4 Å². The van der Waals surface area contributed by atoms with Gasteiger partial charge in [0.25, 0.3) is 5.69 Å². The van der Waals surface area contributed by atoms with Crippen molar-refractivity contribution in [3.63, 3.8) is 0 Å². The van der Waals surface area contributed by atoms with E-state index in [1.54, 1.807) is 52.8 Å². The van der Waals surface area contributed by atoms with E-state index in [1.165, 1.54) is 24.3 Å². The summed E-state index contributed by atoms with van der Waals surface area (Å²) in [5.41, 5.74) is 1.73. The van der Waals surface area contributed by atoms with Crippen molar-refractivity contribution in [1.29, 1.82) is 0 Å². The maximum atomic E-state index is 13.8. The molecule has 0 radical (unpaired) electrons. The molecular weight excluding hydrogens is 395 g/mol. The molecule has 0 amide bonds. The second-order valence-electron chi connectivity index (χ2n) is 7.24. The first kappa shape index (κ1) is 22.9. The maximum Gasteiger partial charge on any atom is 0.357 e. The van der Waals surface area contributed by atoms with Crippen molar-refractivity contribution in [3.8, 4) is 5.75 Å². The Kier molecular flexibility index (Phi) is 7.41. The Morgan fingerprint density at radius 3 is 2.03 bits per heavy atom. The normalized spacial score (nSPS) is 12.9. The number of rotatable bonds is 9. The third-order valence-electron chi connectivity index (χ3n) is 3.95. The van der Waals surface area contributed by atoms with Crippen LogP contribution in [0.1, 0.15) is 44.6 Å². The third kappa shape index (κ3) is 6.03. The summed E-state index contributed by atoms with van der Waals surface area (Å²) in [5.74, 6) is -0.809. The van der Waals surface area contributed by atoms with Gasteiger partial charge in [0.15, 0.2) is 5.78 Å². The SMILES string of the molecule is Cc1cc([N+](=O)[O-])ccc1NC(c1ccc(O)cc1)P(=O)(OC(C)C)OC(C)C. The van der Waals surface area contributed by atoms with Crippen molar-refractivity contribution in [2.75, 3.05) is 5.32 Å². The molecule has 2 aromatic rings. The summed E-state index contributed by atoms with van der Waals surface area (Å²) in [6, 6.07) is 10.6. The van der Waals surface area contributed by atoms with Crippen LogP contribution in [-0.2, 0) is 13.6 Å². The van der Waals surface area contributed by atoms with Gasteiger partial charge in [-0.3, -0.25) is 14.7 Å². The number of aryl methyl sites for hydroxylation is 1. The number of benzene rings is 2. The summed E-state index contributed by atoms with van der Waals surface area (Å²) in [7, 11) is -3.72. The van der Waals surface area contributed by atoms with Crippen LogP contribution < -0.4 is 5.32 Å². The van der Waals surface area contributed by atoms with Gasteiger partial charge in [0.1, 0.15) is 5.75 Å². The molecule has 2 aromatic carbocycles. The standard InChI is InChI=1S/C20H27N2O6P/c1-13(2)27-29(26,28-14(3)4)20(16-6-9-18(23)10-7-16)21-19-11-8-17(22(24)25)12-15(19)5/h6-14,20-21,23H,1-5H3. The molecule has 9 heteroatoms. The molecule has 29 heavy (non-hydrogen) atoms. The highest BCUT2D eigenvalue weighted by Crippen LogP contribution is 2.62. The number of nitrogens with one attached hydrogen (secondary N) is 1. The molecule has 0 aliphatic heterocycles. The molecule has 1 unspecified atom stereocenters. The van der Waals surface area contributed by atoms with Gasteiger partial charge in [0, 0.05) is 17.8 Å². The Balaban J connectivity index is 2.53. The van der Waals surface area contributed by atoms with Crippen molar-refractivity contribution in [3.05, 3.63) is 63.7 Å². The van der Waals surface area contributed by atoms with Crippen molar-refractivity contribution >= 4 is 19.0 Å². The zero-order valence-corrected chi connectivity index (χ0v) is 18.1. The smallest absolute Gasteiger partial charge is 0.357 e. The van der Waals surface area contributed by atoms with Crippen molar-refractivity contribution in [2.24, 2.45) is 0 Å². The molecule has 0 saturated carbocycles. The van der Waals surface area contributed by atoms with E-state index in [-0.39, 0.29) is 23.6 Å². The number of hydrogen-bond acceptors (Lipinski definition) is 7. The van der Waals surface area contributed by atoms with E-state index in [1.807, 2.05) is 0 Å². The lowest BCUT2D eigenvalue weighted by Crippen LogP contribution is -2.19.